The van der Waals surface area contributed by atoms with Gasteiger partial charge in [-0.05, 0) is 44.0 Å². The number of guanidine groups is 1. The average molecular weight is 292 g/mol. The van der Waals surface area contributed by atoms with Crippen molar-refractivity contribution < 1.29 is 0 Å². The first-order valence-corrected chi connectivity index (χ1v) is 7.51. The zero-order chi connectivity index (χ0) is 13.7. The molecule has 0 radical (unpaired) electrons. The Morgan fingerprint density at radius 2 is 2.05 bits per heavy atom. The van der Waals surface area contributed by atoms with E-state index in [0.29, 0.717) is 16.9 Å². The van der Waals surface area contributed by atoms with Gasteiger partial charge in [-0.3, -0.25) is 4.90 Å². The Bertz CT molecular complexity index is 549. The minimum atomic E-state index is -0.0259. The van der Waals surface area contributed by atoms with Crippen molar-refractivity contribution in [2.45, 2.75) is 18.4 Å². The number of hydrogen-bond acceptors (Lipinski definition) is 5. The number of fused-ring (bicyclic) bond motifs is 2. The van der Waals surface area contributed by atoms with Gasteiger partial charge >= 0.3 is 0 Å². The molecule has 4 aliphatic heterocycles. The van der Waals surface area contributed by atoms with Crippen LogP contribution in [0.15, 0.2) is 23.3 Å². The summed E-state index contributed by atoms with van der Waals surface area (Å²) >= 11 is 5.90. The Labute approximate surface area is 123 Å². The Kier molecular flexibility index (Phi) is 2.69. The number of nitrogens with zero attached hydrogens (tertiary/aromatic N) is 4. The van der Waals surface area contributed by atoms with Gasteiger partial charge in [0.25, 0.3) is 0 Å². The van der Waals surface area contributed by atoms with Crippen molar-refractivity contribution in [2.75, 3.05) is 31.1 Å². The molecule has 0 aliphatic carbocycles. The molecule has 0 saturated carbocycles. The molecule has 2 N–H and O–H groups in total. The van der Waals surface area contributed by atoms with Crippen molar-refractivity contribution in [2.24, 2.45) is 16.6 Å². The summed E-state index contributed by atoms with van der Waals surface area (Å²) in [6.45, 7) is 4.29. The third kappa shape index (κ3) is 1.80. The van der Waals surface area contributed by atoms with E-state index in [1.54, 1.807) is 6.20 Å². The van der Waals surface area contributed by atoms with Crippen LogP contribution in [0, 0.1) is 5.92 Å². The third-order valence-electron chi connectivity index (χ3n) is 4.88. The van der Waals surface area contributed by atoms with E-state index in [4.69, 9.17) is 22.3 Å². The summed E-state index contributed by atoms with van der Waals surface area (Å²) in [5, 5.41) is 0.640. The van der Waals surface area contributed by atoms with Crippen LogP contribution in [-0.4, -0.2) is 47.6 Å². The maximum atomic E-state index is 6.17. The van der Waals surface area contributed by atoms with E-state index in [0.717, 1.165) is 18.9 Å². The number of aliphatic imine (C=N–C) groups is 1. The fourth-order valence-electron chi connectivity index (χ4n) is 3.86. The van der Waals surface area contributed by atoms with E-state index in [1.165, 1.54) is 25.9 Å². The van der Waals surface area contributed by atoms with Gasteiger partial charge in [-0.15, -0.1) is 0 Å². The number of hydrogen-bond donors (Lipinski definition) is 1. The van der Waals surface area contributed by atoms with Crippen molar-refractivity contribution in [1.82, 2.24) is 9.88 Å². The zero-order valence-corrected chi connectivity index (χ0v) is 12.1. The Morgan fingerprint density at radius 3 is 2.65 bits per heavy atom. The van der Waals surface area contributed by atoms with Crippen LogP contribution >= 0.6 is 11.6 Å². The van der Waals surface area contributed by atoms with E-state index in [9.17, 15) is 0 Å². The molecule has 106 valence electrons. The number of nitrogens with two attached hydrogens (primary N) is 1. The number of pyridine rings is 1. The Balaban J connectivity index is 1.64. The summed E-state index contributed by atoms with van der Waals surface area (Å²) in [6.07, 6.45) is 4.13. The second kappa shape index (κ2) is 4.33. The smallest absolute Gasteiger partial charge is 0.197 e. The molecule has 0 aromatic carbocycles. The molecule has 2 bridgehead atoms. The number of anilines is 1. The predicted molar refractivity (Wildman–Crippen MR) is 80.1 cm³/mol. The fourth-order valence-corrected chi connectivity index (χ4v) is 3.97. The highest BCUT2D eigenvalue weighted by atomic mass is 35.5. The van der Waals surface area contributed by atoms with E-state index in [-0.39, 0.29) is 5.54 Å². The van der Waals surface area contributed by atoms with Crippen LogP contribution in [0.4, 0.5) is 5.82 Å². The molecule has 5 nitrogen and oxygen atoms in total. The maximum Gasteiger partial charge on any atom is 0.197 e. The monoisotopic (exact) mass is 291 g/mol. The second-order valence-electron chi connectivity index (χ2n) is 6.04. The standard InChI is InChI=1S/C14H18ClN5/c15-11-1-2-12(17-7-11)20-9-14(18-13(20)16)8-19-5-3-10(14)4-6-19/h1-2,7,10H,3-6,8-9H2,(H2,16,18). The van der Waals surface area contributed by atoms with Crippen molar-refractivity contribution in [3.8, 4) is 0 Å². The van der Waals surface area contributed by atoms with Crippen LogP contribution in [0.25, 0.3) is 0 Å². The van der Waals surface area contributed by atoms with E-state index < -0.39 is 0 Å². The summed E-state index contributed by atoms with van der Waals surface area (Å²) < 4.78 is 0. The molecule has 4 aliphatic rings. The second-order valence-corrected chi connectivity index (χ2v) is 6.48. The van der Waals surface area contributed by atoms with Crippen LogP contribution in [0.3, 0.4) is 0 Å². The molecule has 20 heavy (non-hydrogen) atoms. The predicted octanol–water partition coefficient (Wildman–Crippen LogP) is 1.33. The highest BCUT2D eigenvalue weighted by molar-refractivity contribution is 6.30. The highest BCUT2D eigenvalue weighted by Crippen LogP contribution is 2.41. The molecular weight excluding hydrogens is 274 g/mol. The van der Waals surface area contributed by atoms with Crippen LogP contribution in [0.5, 0.6) is 0 Å². The average Bonchev–Trinajstić information content (AvgIpc) is 2.77. The highest BCUT2D eigenvalue weighted by Gasteiger charge is 2.51. The lowest BCUT2D eigenvalue weighted by Crippen LogP contribution is -2.60. The van der Waals surface area contributed by atoms with Gasteiger partial charge in [-0.1, -0.05) is 11.6 Å². The van der Waals surface area contributed by atoms with Gasteiger partial charge in [0.15, 0.2) is 5.96 Å². The molecule has 6 heteroatoms. The Morgan fingerprint density at radius 1 is 1.25 bits per heavy atom. The topological polar surface area (TPSA) is 57.8 Å². The van der Waals surface area contributed by atoms with Crippen molar-refractivity contribution in [3.63, 3.8) is 0 Å². The minimum Gasteiger partial charge on any atom is -0.369 e. The molecule has 0 amide bonds. The summed E-state index contributed by atoms with van der Waals surface area (Å²) in [4.78, 5) is 13.8. The Hall–Kier alpha value is -1.33. The number of piperidine rings is 3. The minimum absolute atomic E-state index is 0.0259. The summed E-state index contributed by atoms with van der Waals surface area (Å²) in [5.74, 6) is 2.08. The van der Waals surface area contributed by atoms with E-state index >= 15 is 0 Å². The van der Waals surface area contributed by atoms with Gasteiger partial charge in [0.05, 0.1) is 17.1 Å². The molecule has 1 aromatic rings. The van der Waals surface area contributed by atoms with Crippen molar-refractivity contribution in [3.05, 3.63) is 23.4 Å². The molecule has 5 rings (SSSR count). The van der Waals surface area contributed by atoms with Gasteiger partial charge in [-0.25, -0.2) is 9.98 Å². The first-order valence-electron chi connectivity index (χ1n) is 7.13. The lowest BCUT2D eigenvalue weighted by atomic mass is 9.73. The summed E-state index contributed by atoms with van der Waals surface area (Å²) in [6, 6.07) is 3.75. The fraction of sp³-hybridized carbons (Fsp3) is 0.571. The summed E-state index contributed by atoms with van der Waals surface area (Å²) in [7, 11) is 0. The first kappa shape index (κ1) is 12.4. The third-order valence-corrected chi connectivity index (χ3v) is 5.10. The lowest BCUT2D eigenvalue weighted by molar-refractivity contribution is 0.0390. The molecule has 1 spiro atoms. The largest absolute Gasteiger partial charge is 0.369 e. The van der Waals surface area contributed by atoms with Gasteiger partial charge < -0.3 is 10.6 Å². The molecule has 1 atom stereocenters. The lowest BCUT2D eigenvalue weighted by Gasteiger charge is -2.49. The van der Waals surface area contributed by atoms with Gasteiger partial charge in [0.2, 0.25) is 0 Å². The van der Waals surface area contributed by atoms with Gasteiger partial charge in [-0.2, -0.15) is 0 Å². The zero-order valence-electron chi connectivity index (χ0n) is 11.3. The van der Waals surface area contributed by atoms with E-state index in [1.807, 2.05) is 17.0 Å². The number of halogens is 1. The molecule has 3 saturated heterocycles. The van der Waals surface area contributed by atoms with Crippen LogP contribution < -0.4 is 10.6 Å². The van der Waals surface area contributed by atoms with Crippen LogP contribution in [-0.2, 0) is 0 Å². The number of aromatic nitrogens is 1. The molecular formula is C14H18ClN5. The van der Waals surface area contributed by atoms with Gasteiger partial charge in [0.1, 0.15) is 5.82 Å². The quantitative estimate of drug-likeness (QED) is 0.848. The SMILES string of the molecule is NC1=NC2(CN3CCC2CC3)CN1c1ccc(Cl)cn1. The normalized spacial score (nSPS) is 35.6. The van der Waals surface area contributed by atoms with Crippen molar-refractivity contribution >= 4 is 23.4 Å². The maximum absolute atomic E-state index is 6.17. The summed E-state index contributed by atoms with van der Waals surface area (Å²) in [5.41, 5.74) is 6.14. The van der Waals surface area contributed by atoms with Crippen LogP contribution in [0.1, 0.15) is 12.8 Å². The number of rotatable bonds is 1. The first-order chi connectivity index (χ1) is 9.66. The van der Waals surface area contributed by atoms with E-state index in [2.05, 4.69) is 9.88 Å². The van der Waals surface area contributed by atoms with Crippen LogP contribution in [0.2, 0.25) is 5.02 Å². The van der Waals surface area contributed by atoms with Gasteiger partial charge in [0, 0.05) is 12.7 Å². The molecule has 3 fully saturated rings. The van der Waals surface area contributed by atoms with Crippen molar-refractivity contribution in [1.29, 1.82) is 0 Å². The molecule has 1 aromatic heterocycles. The molecule has 5 heterocycles. The molecule has 1 unspecified atom stereocenters.